The molecule has 1 atom stereocenters. The van der Waals surface area contributed by atoms with E-state index in [2.05, 4.69) is 5.10 Å². The van der Waals surface area contributed by atoms with Crippen molar-refractivity contribution in [3.8, 4) is 0 Å². The van der Waals surface area contributed by atoms with Gasteiger partial charge in [0.2, 0.25) is 5.91 Å². The maximum atomic E-state index is 11.2. The normalized spacial score (nSPS) is 12.4. The Balaban J connectivity index is 2.91. The van der Waals surface area contributed by atoms with Crippen LogP contribution >= 0.6 is 0 Å². The summed E-state index contributed by atoms with van der Waals surface area (Å²) in [5.74, 6) is -0.653. The van der Waals surface area contributed by atoms with E-state index in [1.807, 2.05) is 0 Å². The molecule has 1 amide bonds. The minimum Gasteiger partial charge on any atom is -0.368 e. The van der Waals surface area contributed by atoms with E-state index in [0.717, 1.165) is 4.68 Å². The van der Waals surface area contributed by atoms with E-state index in [4.69, 9.17) is 11.5 Å². The molecule has 0 fully saturated rings. The molecule has 0 aliphatic rings. The molecule has 0 bridgehead atoms. The summed E-state index contributed by atoms with van der Waals surface area (Å²) in [7, 11) is 0. The largest absolute Gasteiger partial charge is 0.368 e. The first-order valence-corrected chi connectivity index (χ1v) is 4.10. The van der Waals surface area contributed by atoms with Crippen LogP contribution in [0.1, 0.15) is 5.69 Å². The van der Waals surface area contributed by atoms with Gasteiger partial charge in [0.25, 0.3) is 5.56 Å². The molecular weight excluding hydrogens is 184 g/mol. The Hall–Kier alpha value is -1.69. The molecule has 0 radical (unpaired) electrons. The molecule has 76 valence electrons. The van der Waals surface area contributed by atoms with E-state index >= 15 is 0 Å². The van der Waals surface area contributed by atoms with Crippen LogP contribution in [0.3, 0.4) is 0 Å². The number of nitrogens with zero attached hydrogens (tertiary/aromatic N) is 2. The van der Waals surface area contributed by atoms with E-state index < -0.39 is 11.9 Å². The molecule has 1 rings (SSSR count). The zero-order valence-corrected chi connectivity index (χ0v) is 7.80. The highest BCUT2D eigenvalue weighted by molar-refractivity contribution is 5.79. The van der Waals surface area contributed by atoms with Crippen LogP contribution in [-0.4, -0.2) is 21.7 Å². The molecule has 6 heteroatoms. The van der Waals surface area contributed by atoms with Crippen LogP contribution in [-0.2, 0) is 11.3 Å². The van der Waals surface area contributed by atoms with Crippen LogP contribution in [0.2, 0.25) is 0 Å². The summed E-state index contributed by atoms with van der Waals surface area (Å²) in [4.78, 5) is 21.9. The van der Waals surface area contributed by atoms with Gasteiger partial charge in [0.05, 0.1) is 12.2 Å². The summed E-state index contributed by atoms with van der Waals surface area (Å²) in [5, 5.41) is 3.91. The number of aromatic nitrogens is 2. The first-order valence-electron chi connectivity index (χ1n) is 4.10. The van der Waals surface area contributed by atoms with Gasteiger partial charge in [-0.05, 0) is 13.0 Å². The number of hydrogen-bond acceptors (Lipinski definition) is 4. The summed E-state index contributed by atoms with van der Waals surface area (Å²) in [6.45, 7) is 1.75. The average Bonchev–Trinajstić information content (AvgIpc) is 2.11. The molecule has 0 aromatic carbocycles. The predicted molar refractivity (Wildman–Crippen MR) is 50.4 cm³/mol. The lowest BCUT2D eigenvalue weighted by Gasteiger charge is -2.08. The third kappa shape index (κ3) is 2.40. The highest BCUT2D eigenvalue weighted by Crippen LogP contribution is 1.87. The van der Waals surface area contributed by atoms with Crippen LogP contribution in [0, 0.1) is 6.92 Å². The Morgan fingerprint density at radius 1 is 1.64 bits per heavy atom. The molecule has 0 saturated heterocycles. The van der Waals surface area contributed by atoms with Crippen molar-refractivity contribution in [2.75, 3.05) is 0 Å². The molecule has 1 unspecified atom stereocenters. The fraction of sp³-hybridized carbons (Fsp3) is 0.375. The lowest BCUT2D eigenvalue weighted by atomic mass is 10.3. The Bertz CT molecular complexity index is 399. The highest BCUT2D eigenvalue weighted by atomic mass is 16.1. The number of aryl methyl sites for hydroxylation is 1. The van der Waals surface area contributed by atoms with Crippen LogP contribution in [0.25, 0.3) is 0 Å². The van der Waals surface area contributed by atoms with Crippen molar-refractivity contribution < 1.29 is 4.79 Å². The first kappa shape index (κ1) is 10.4. The number of nitrogens with two attached hydrogens (primary N) is 2. The number of hydrogen-bond donors (Lipinski definition) is 2. The average molecular weight is 196 g/mol. The number of amides is 1. The second-order valence-electron chi connectivity index (χ2n) is 3.00. The predicted octanol–water partition coefficient (Wildman–Crippen LogP) is -1.64. The van der Waals surface area contributed by atoms with Crippen LogP contribution in [0.4, 0.5) is 0 Å². The van der Waals surface area contributed by atoms with E-state index in [9.17, 15) is 9.59 Å². The molecule has 1 aromatic heterocycles. The molecule has 0 aliphatic heterocycles. The van der Waals surface area contributed by atoms with Gasteiger partial charge in [-0.15, -0.1) is 0 Å². The molecule has 4 N–H and O–H groups in total. The monoisotopic (exact) mass is 196 g/mol. The van der Waals surface area contributed by atoms with Crippen molar-refractivity contribution in [3.05, 3.63) is 28.2 Å². The minimum absolute atomic E-state index is 0.00977. The summed E-state index contributed by atoms with van der Waals surface area (Å²) in [6, 6.07) is 2.08. The summed E-state index contributed by atoms with van der Waals surface area (Å²) in [5.41, 5.74) is 10.7. The van der Waals surface area contributed by atoms with Gasteiger partial charge in [-0.2, -0.15) is 5.10 Å². The third-order valence-electron chi connectivity index (χ3n) is 1.74. The molecule has 14 heavy (non-hydrogen) atoms. The van der Waals surface area contributed by atoms with Crippen LogP contribution < -0.4 is 17.0 Å². The van der Waals surface area contributed by atoms with Crippen molar-refractivity contribution in [1.82, 2.24) is 9.78 Å². The summed E-state index contributed by atoms with van der Waals surface area (Å²) in [6.07, 6.45) is 0. The van der Waals surface area contributed by atoms with Crippen molar-refractivity contribution in [3.63, 3.8) is 0 Å². The number of primary amides is 1. The quantitative estimate of drug-likeness (QED) is 0.605. The molecule has 6 nitrogen and oxygen atoms in total. The highest BCUT2D eigenvalue weighted by Gasteiger charge is 2.11. The maximum Gasteiger partial charge on any atom is 0.266 e. The zero-order chi connectivity index (χ0) is 10.7. The van der Waals surface area contributed by atoms with Gasteiger partial charge < -0.3 is 11.5 Å². The van der Waals surface area contributed by atoms with Crippen molar-refractivity contribution in [1.29, 1.82) is 0 Å². The summed E-state index contributed by atoms with van der Waals surface area (Å²) >= 11 is 0. The first-order chi connectivity index (χ1) is 6.50. The topological polar surface area (TPSA) is 104 Å². The van der Waals surface area contributed by atoms with Crippen molar-refractivity contribution >= 4 is 5.91 Å². The number of carbonyl (C=O) groups excluding carboxylic acids is 1. The second kappa shape index (κ2) is 4.01. The molecular formula is C8H12N4O2. The lowest BCUT2D eigenvalue weighted by molar-refractivity contribution is -0.119. The van der Waals surface area contributed by atoms with Crippen molar-refractivity contribution in [2.45, 2.75) is 19.5 Å². The SMILES string of the molecule is Cc1ccc(=O)n(CC(N)C(N)=O)n1. The standard InChI is InChI=1S/C8H12N4O2/c1-5-2-3-7(13)12(11-5)4-6(9)8(10)14/h2-3,6H,4,9H2,1H3,(H2,10,14). The van der Waals surface area contributed by atoms with Gasteiger partial charge in [-0.3, -0.25) is 9.59 Å². The van der Waals surface area contributed by atoms with E-state index in [-0.39, 0.29) is 12.1 Å². The van der Waals surface area contributed by atoms with Gasteiger partial charge in [-0.1, -0.05) is 0 Å². The van der Waals surface area contributed by atoms with E-state index in [1.54, 1.807) is 13.0 Å². The van der Waals surface area contributed by atoms with Gasteiger partial charge >= 0.3 is 0 Å². The molecule has 0 aliphatic carbocycles. The molecule has 1 heterocycles. The van der Waals surface area contributed by atoms with Gasteiger partial charge in [0.15, 0.2) is 0 Å². The molecule has 0 spiro atoms. The van der Waals surface area contributed by atoms with Crippen LogP contribution in [0.15, 0.2) is 16.9 Å². The fourth-order valence-electron chi connectivity index (χ4n) is 0.958. The Labute approximate surface area is 80.5 Å². The van der Waals surface area contributed by atoms with Crippen molar-refractivity contribution in [2.24, 2.45) is 11.5 Å². The smallest absolute Gasteiger partial charge is 0.266 e. The van der Waals surface area contributed by atoms with Gasteiger partial charge in [0.1, 0.15) is 6.04 Å². The van der Waals surface area contributed by atoms with Gasteiger partial charge in [-0.25, -0.2) is 4.68 Å². The molecule has 1 aromatic rings. The van der Waals surface area contributed by atoms with Gasteiger partial charge in [0, 0.05) is 6.07 Å². The summed E-state index contributed by atoms with van der Waals surface area (Å²) < 4.78 is 1.13. The Morgan fingerprint density at radius 3 is 2.86 bits per heavy atom. The number of rotatable bonds is 3. The zero-order valence-electron chi connectivity index (χ0n) is 7.80. The molecule has 0 saturated carbocycles. The van der Waals surface area contributed by atoms with E-state index in [1.165, 1.54) is 6.07 Å². The Morgan fingerprint density at radius 2 is 2.29 bits per heavy atom. The van der Waals surface area contributed by atoms with E-state index in [0.29, 0.717) is 5.69 Å². The Kier molecular flexibility index (Phi) is 2.98. The minimum atomic E-state index is -0.887. The number of carbonyl (C=O) groups is 1. The third-order valence-corrected chi connectivity index (χ3v) is 1.74. The second-order valence-corrected chi connectivity index (χ2v) is 3.00. The maximum absolute atomic E-state index is 11.2. The van der Waals surface area contributed by atoms with Crippen LogP contribution in [0.5, 0.6) is 0 Å². The lowest BCUT2D eigenvalue weighted by Crippen LogP contribution is -2.42. The fourth-order valence-corrected chi connectivity index (χ4v) is 0.958.